The third-order valence-corrected chi connectivity index (χ3v) is 3.69. The van der Waals surface area contributed by atoms with Gasteiger partial charge in [0, 0.05) is 10.9 Å². The van der Waals surface area contributed by atoms with Crippen molar-refractivity contribution in [2.24, 2.45) is 0 Å². The first-order valence-electron chi connectivity index (χ1n) is 7.16. The molecular weight excluding hydrogens is 236 g/mol. The molecule has 0 saturated heterocycles. The van der Waals surface area contributed by atoms with Gasteiger partial charge in [-0.3, -0.25) is 0 Å². The lowest BCUT2D eigenvalue weighted by Crippen LogP contribution is -2.07. The zero-order chi connectivity index (χ0) is 13.8. The fourth-order valence-corrected chi connectivity index (χ4v) is 2.43. The van der Waals surface area contributed by atoms with Crippen molar-refractivity contribution in [1.29, 1.82) is 0 Å². The molecule has 102 valence electrons. The average molecular weight is 258 g/mol. The summed E-state index contributed by atoms with van der Waals surface area (Å²) in [7, 11) is 0. The molecule has 2 heteroatoms. The molecule has 0 spiro atoms. The number of rotatable bonds is 5. The second-order valence-electron chi connectivity index (χ2n) is 5.31. The molecule has 0 aliphatic carbocycles. The number of hydrogen-bond acceptors (Lipinski definition) is 2. The van der Waals surface area contributed by atoms with Crippen molar-refractivity contribution < 1.29 is 4.42 Å². The molecule has 1 heterocycles. The second-order valence-corrected chi connectivity index (χ2v) is 5.31. The lowest BCUT2D eigenvalue weighted by atomic mass is 10.0. The Bertz CT molecular complexity index is 623. The molecule has 0 bridgehead atoms. The maximum Gasteiger partial charge on any atom is 0.339 e. The van der Waals surface area contributed by atoms with Crippen LogP contribution in [0.15, 0.2) is 27.4 Å². The highest BCUT2D eigenvalue weighted by molar-refractivity contribution is 5.83. The monoisotopic (exact) mass is 258 g/mol. The average Bonchev–Trinajstić information content (AvgIpc) is 2.40. The van der Waals surface area contributed by atoms with Crippen LogP contribution in [0.25, 0.3) is 11.0 Å². The van der Waals surface area contributed by atoms with Gasteiger partial charge in [-0.25, -0.2) is 4.79 Å². The molecule has 2 nitrogen and oxygen atoms in total. The van der Waals surface area contributed by atoms with Crippen molar-refractivity contribution in [3.63, 3.8) is 0 Å². The van der Waals surface area contributed by atoms with Gasteiger partial charge in [0.1, 0.15) is 5.58 Å². The maximum atomic E-state index is 12.0. The van der Waals surface area contributed by atoms with Gasteiger partial charge in [-0.2, -0.15) is 0 Å². The normalized spacial score (nSPS) is 11.1. The molecule has 0 unspecified atom stereocenters. The van der Waals surface area contributed by atoms with E-state index in [1.807, 2.05) is 19.1 Å². The fraction of sp³-hybridized carbons (Fsp3) is 0.471. The highest BCUT2D eigenvalue weighted by Crippen LogP contribution is 2.22. The van der Waals surface area contributed by atoms with Gasteiger partial charge in [0.2, 0.25) is 0 Å². The molecule has 2 aromatic rings. The molecule has 0 radical (unpaired) electrons. The van der Waals surface area contributed by atoms with Crippen LogP contribution in [-0.4, -0.2) is 0 Å². The SMILES string of the molecule is CCCCCCc1cc2c(C)ccc(C)c2oc1=O. The van der Waals surface area contributed by atoms with Crippen LogP contribution >= 0.6 is 0 Å². The van der Waals surface area contributed by atoms with E-state index < -0.39 is 0 Å². The van der Waals surface area contributed by atoms with Gasteiger partial charge < -0.3 is 4.42 Å². The number of fused-ring (bicyclic) bond motifs is 1. The molecule has 1 aromatic carbocycles. The Morgan fingerprint density at radius 3 is 2.53 bits per heavy atom. The van der Waals surface area contributed by atoms with Crippen molar-refractivity contribution >= 4 is 11.0 Å². The van der Waals surface area contributed by atoms with Gasteiger partial charge in [-0.05, 0) is 43.9 Å². The van der Waals surface area contributed by atoms with Crippen molar-refractivity contribution in [1.82, 2.24) is 0 Å². The fourth-order valence-electron chi connectivity index (χ4n) is 2.43. The Morgan fingerprint density at radius 2 is 1.79 bits per heavy atom. The molecule has 0 atom stereocenters. The summed E-state index contributed by atoms with van der Waals surface area (Å²) in [6, 6.07) is 6.11. The smallest absolute Gasteiger partial charge is 0.339 e. The largest absolute Gasteiger partial charge is 0.422 e. The molecule has 0 aliphatic rings. The minimum absolute atomic E-state index is 0.169. The summed E-state index contributed by atoms with van der Waals surface area (Å²) in [5.74, 6) is 0. The van der Waals surface area contributed by atoms with E-state index in [1.54, 1.807) is 0 Å². The Morgan fingerprint density at radius 1 is 1.05 bits per heavy atom. The van der Waals surface area contributed by atoms with Gasteiger partial charge in [0.05, 0.1) is 0 Å². The van der Waals surface area contributed by atoms with E-state index in [0.717, 1.165) is 34.9 Å². The minimum atomic E-state index is -0.169. The molecule has 2 rings (SSSR count). The van der Waals surface area contributed by atoms with Gasteiger partial charge >= 0.3 is 5.63 Å². The third-order valence-electron chi connectivity index (χ3n) is 3.69. The van der Waals surface area contributed by atoms with E-state index in [-0.39, 0.29) is 5.63 Å². The first kappa shape index (κ1) is 13.9. The molecule has 0 N–H and O–H groups in total. The molecule has 0 aliphatic heterocycles. The number of aryl methyl sites for hydroxylation is 3. The summed E-state index contributed by atoms with van der Waals surface area (Å²) >= 11 is 0. The molecule has 19 heavy (non-hydrogen) atoms. The van der Waals surface area contributed by atoms with Crippen molar-refractivity contribution in [3.8, 4) is 0 Å². The standard InChI is InChI=1S/C17H22O2/c1-4-5-6-7-8-14-11-15-12(2)9-10-13(3)16(15)19-17(14)18/h9-11H,4-8H2,1-3H3. The van der Waals surface area contributed by atoms with Crippen molar-refractivity contribution in [3.05, 3.63) is 45.3 Å². The zero-order valence-corrected chi connectivity index (χ0v) is 12.1. The Balaban J connectivity index is 2.33. The molecule has 0 fully saturated rings. The van der Waals surface area contributed by atoms with Crippen LogP contribution in [0.3, 0.4) is 0 Å². The molecule has 1 aromatic heterocycles. The second kappa shape index (κ2) is 6.05. The van der Waals surface area contributed by atoms with E-state index in [4.69, 9.17) is 4.42 Å². The number of benzene rings is 1. The first-order valence-corrected chi connectivity index (χ1v) is 7.16. The Labute approximate surface area is 114 Å². The number of hydrogen-bond donors (Lipinski definition) is 0. The van der Waals surface area contributed by atoms with Gasteiger partial charge in [-0.1, -0.05) is 38.3 Å². The van der Waals surface area contributed by atoms with Crippen LogP contribution in [-0.2, 0) is 6.42 Å². The summed E-state index contributed by atoms with van der Waals surface area (Å²) in [6.45, 7) is 6.23. The quantitative estimate of drug-likeness (QED) is 0.582. The lowest BCUT2D eigenvalue weighted by molar-refractivity contribution is 0.542. The lowest BCUT2D eigenvalue weighted by Gasteiger charge is -2.06. The third kappa shape index (κ3) is 3.06. The van der Waals surface area contributed by atoms with Gasteiger partial charge in [0.25, 0.3) is 0 Å². The zero-order valence-electron chi connectivity index (χ0n) is 12.1. The summed E-state index contributed by atoms with van der Waals surface area (Å²) in [5.41, 5.74) is 3.58. The van der Waals surface area contributed by atoms with E-state index in [2.05, 4.69) is 19.9 Å². The first-order chi connectivity index (χ1) is 9.13. The summed E-state index contributed by atoms with van der Waals surface area (Å²) < 4.78 is 5.51. The summed E-state index contributed by atoms with van der Waals surface area (Å²) in [5, 5.41) is 1.07. The highest BCUT2D eigenvalue weighted by atomic mass is 16.4. The van der Waals surface area contributed by atoms with Crippen LogP contribution in [0.4, 0.5) is 0 Å². The van der Waals surface area contributed by atoms with E-state index in [0.29, 0.717) is 0 Å². The Hall–Kier alpha value is -1.57. The van der Waals surface area contributed by atoms with Crippen molar-refractivity contribution in [2.45, 2.75) is 52.9 Å². The maximum absolute atomic E-state index is 12.0. The van der Waals surface area contributed by atoms with Gasteiger partial charge in [-0.15, -0.1) is 0 Å². The van der Waals surface area contributed by atoms with E-state index in [9.17, 15) is 4.79 Å². The molecule has 0 saturated carbocycles. The number of unbranched alkanes of at least 4 members (excludes halogenated alkanes) is 3. The summed E-state index contributed by atoms with van der Waals surface area (Å²) in [6.07, 6.45) is 5.52. The van der Waals surface area contributed by atoms with Crippen LogP contribution in [0.2, 0.25) is 0 Å². The van der Waals surface area contributed by atoms with E-state index >= 15 is 0 Å². The Kier molecular flexibility index (Phi) is 4.41. The van der Waals surface area contributed by atoms with Gasteiger partial charge in [0.15, 0.2) is 0 Å². The predicted octanol–water partition coefficient (Wildman–Crippen LogP) is 4.53. The minimum Gasteiger partial charge on any atom is -0.422 e. The molecule has 0 amide bonds. The summed E-state index contributed by atoms with van der Waals surface area (Å²) in [4.78, 5) is 12.0. The molecular formula is C17H22O2. The van der Waals surface area contributed by atoms with Crippen LogP contribution in [0.1, 0.15) is 49.3 Å². The predicted molar refractivity (Wildman–Crippen MR) is 79.8 cm³/mol. The van der Waals surface area contributed by atoms with Crippen LogP contribution < -0.4 is 5.63 Å². The van der Waals surface area contributed by atoms with Crippen LogP contribution in [0, 0.1) is 13.8 Å². The van der Waals surface area contributed by atoms with E-state index in [1.165, 1.54) is 24.8 Å². The van der Waals surface area contributed by atoms with Crippen molar-refractivity contribution in [2.75, 3.05) is 0 Å². The topological polar surface area (TPSA) is 30.2 Å². The van der Waals surface area contributed by atoms with Crippen LogP contribution in [0.5, 0.6) is 0 Å². The highest BCUT2D eigenvalue weighted by Gasteiger charge is 2.08.